The van der Waals surface area contributed by atoms with Gasteiger partial charge in [-0.3, -0.25) is 0 Å². The van der Waals surface area contributed by atoms with Crippen molar-refractivity contribution in [3.05, 3.63) is 17.6 Å². The molecule has 0 aliphatic carbocycles. The van der Waals surface area contributed by atoms with Gasteiger partial charge in [-0.05, 0) is 0 Å². The van der Waals surface area contributed by atoms with Crippen molar-refractivity contribution in [1.29, 1.82) is 5.26 Å². The van der Waals surface area contributed by atoms with E-state index in [4.69, 9.17) is 20.5 Å². The van der Waals surface area contributed by atoms with E-state index in [2.05, 4.69) is 9.97 Å². The Bertz CT molecular complexity index is 376. The van der Waals surface area contributed by atoms with E-state index < -0.39 is 0 Å². The van der Waals surface area contributed by atoms with Crippen molar-refractivity contribution in [3.63, 3.8) is 0 Å². The molecule has 0 saturated heterocycles. The van der Waals surface area contributed by atoms with Gasteiger partial charge >= 0.3 is 0 Å². The third-order valence-corrected chi connectivity index (χ3v) is 1.89. The lowest BCUT2D eigenvalue weighted by Crippen LogP contribution is -2.08. The highest BCUT2D eigenvalue weighted by Crippen LogP contribution is 2.05. The number of hydrogen-bond donors (Lipinski definition) is 1. The molecule has 0 atom stereocenters. The monoisotopic (exact) mass is 222 g/mol. The van der Waals surface area contributed by atoms with Crippen LogP contribution in [0.2, 0.25) is 0 Å². The molecule has 0 radical (unpaired) electrons. The Balaban J connectivity index is 2.38. The average Bonchev–Trinajstić information content (AvgIpc) is 2.29. The van der Waals surface area contributed by atoms with Crippen LogP contribution < -0.4 is 5.73 Å². The van der Waals surface area contributed by atoms with E-state index in [9.17, 15) is 0 Å². The molecule has 86 valence electrons. The fourth-order valence-electron chi connectivity index (χ4n) is 1.05. The van der Waals surface area contributed by atoms with Gasteiger partial charge in [-0.25, -0.2) is 9.97 Å². The average molecular weight is 222 g/mol. The molecular weight excluding hydrogens is 208 g/mol. The number of nitrogens with two attached hydrogens (primary N) is 1. The van der Waals surface area contributed by atoms with E-state index in [0.717, 1.165) is 0 Å². The Kier molecular flexibility index (Phi) is 5.19. The predicted molar refractivity (Wildman–Crippen MR) is 57.6 cm³/mol. The molecule has 6 nitrogen and oxygen atoms in total. The van der Waals surface area contributed by atoms with Gasteiger partial charge in [0.05, 0.1) is 26.0 Å². The molecule has 0 saturated carbocycles. The number of nitrogen functional groups attached to an aromatic ring is 1. The summed E-state index contributed by atoms with van der Waals surface area (Å²) in [6, 6.07) is 1.91. The minimum absolute atomic E-state index is 0.212. The second-order valence-corrected chi connectivity index (χ2v) is 3.05. The predicted octanol–water partition coefficient (Wildman–Crippen LogP) is 0.136. The highest BCUT2D eigenvalue weighted by atomic mass is 16.5. The summed E-state index contributed by atoms with van der Waals surface area (Å²) in [6.07, 6.45) is 1.99. The van der Waals surface area contributed by atoms with Gasteiger partial charge in [0.15, 0.2) is 0 Å². The first-order chi connectivity index (χ1) is 7.77. The van der Waals surface area contributed by atoms with E-state index in [0.29, 0.717) is 37.6 Å². The number of nitriles is 1. The van der Waals surface area contributed by atoms with Crippen molar-refractivity contribution in [2.75, 3.05) is 32.7 Å². The number of methoxy groups -OCH3 is 1. The third kappa shape index (κ3) is 3.81. The Labute approximate surface area is 94.0 Å². The topological polar surface area (TPSA) is 94.0 Å². The summed E-state index contributed by atoms with van der Waals surface area (Å²) < 4.78 is 10.1. The van der Waals surface area contributed by atoms with Gasteiger partial charge in [0, 0.05) is 13.5 Å². The Morgan fingerprint density at radius 1 is 1.44 bits per heavy atom. The van der Waals surface area contributed by atoms with Gasteiger partial charge in [-0.15, -0.1) is 0 Å². The summed E-state index contributed by atoms with van der Waals surface area (Å²) in [7, 11) is 1.62. The third-order valence-electron chi connectivity index (χ3n) is 1.89. The first-order valence-corrected chi connectivity index (χ1v) is 4.86. The van der Waals surface area contributed by atoms with Crippen molar-refractivity contribution >= 4 is 5.82 Å². The fourth-order valence-corrected chi connectivity index (χ4v) is 1.05. The lowest BCUT2D eigenvalue weighted by atomic mass is 10.3. The SMILES string of the molecule is COCCOCCc1ncc(C#N)c(N)n1. The zero-order valence-electron chi connectivity index (χ0n) is 9.14. The summed E-state index contributed by atoms with van der Waals surface area (Å²) in [5.74, 6) is 0.790. The van der Waals surface area contributed by atoms with Crippen molar-refractivity contribution in [1.82, 2.24) is 9.97 Å². The van der Waals surface area contributed by atoms with Crippen molar-refractivity contribution in [2.24, 2.45) is 0 Å². The summed E-state index contributed by atoms with van der Waals surface area (Å²) >= 11 is 0. The molecule has 0 aliphatic heterocycles. The number of ether oxygens (including phenoxy) is 2. The molecule has 0 amide bonds. The van der Waals surface area contributed by atoms with Crippen LogP contribution in [-0.2, 0) is 15.9 Å². The smallest absolute Gasteiger partial charge is 0.145 e. The zero-order chi connectivity index (χ0) is 11.8. The number of rotatable bonds is 6. The second kappa shape index (κ2) is 6.71. The van der Waals surface area contributed by atoms with Gasteiger partial charge < -0.3 is 15.2 Å². The van der Waals surface area contributed by atoms with Gasteiger partial charge in [0.25, 0.3) is 0 Å². The number of aromatic nitrogens is 2. The molecule has 1 aromatic heterocycles. The largest absolute Gasteiger partial charge is 0.382 e. The van der Waals surface area contributed by atoms with Gasteiger partial charge in [-0.2, -0.15) is 5.26 Å². The Morgan fingerprint density at radius 2 is 2.25 bits per heavy atom. The van der Waals surface area contributed by atoms with Gasteiger partial charge in [-0.1, -0.05) is 0 Å². The van der Waals surface area contributed by atoms with E-state index in [-0.39, 0.29) is 5.82 Å². The molecule has 6 heteroatoms. The maximum atomic E-state index is 8.63. The molecule has 2 N–H and O–H groups in total. The molecule has 0 spiro atoms. The second-order valence-electron chi connectivity index (χ2n) is 3.05. The molecule has 0 aliphatic rings. The molecule has 1 heterocycles. The lowest BCUT2D eigenvalue weighted by molar-refractivity contribution is 0.0716. The number of hydrogen-bond acceptors (Lipinski definition) is 6. The van der Waals surface area contributed by atoms with Crippen LogP contribution in [0.5, 0.6) is 0 Å². The fraction of sp³-hybridized carbons (Fsp3) is 0.500. The van der Waals surface area contributed by atoms with E-state index in [1.165, 1.54) is 6.20 Å². The minimum Gasteiger partial charge on any atom is -0.382 e. The first kappa shape index (κ1) is 12.4. The van der Waals surface area contributed by atoms with Crippen LogP contribution in [0, 0.1) is 11.3 Å². The minimum atomic E-state index is 0.212. The van der Waals surface area contributed by atoms with Crippen LogP contribution in [0.15, 0.2) is 6.20 Å². The summed E-state index contributed by atoms with van der Waals surface area (Å²) in [5.41, 5.74) is 5.84. The normalized spacial score (nSPS) is 10.0. The van der Waals surface area contributed by atoms with Crippen LogP contribution in [0.3, 0.4) is 0 Å². The molecule has 0 unspecified atom stereocenters. The quantitative estimate of drug-likeness (QED) is 0.688. The van der Waals surface area contributed by atoms with E-state index in [1.807, 2.05) is 6.07 Å². The molecule has 0 bridgehead atoms. The van der Waals surface area contributed by atoms with E-state index >= 15 is 0 Å². The maximum absolute atomic E-state index is 8.63. The molecule has 0 fully saturated rings. The first-order valence-electron chi connectivity index (χ1n) is 4.86. The highest BCUT2D eigenvalue weighted by molar-refractivity contribution is 5.46. The number of anilines is 1. The standard InChI is InChI=1S/C10H14N4O2/c1-15-4-5-16-3-2-9-13-7-8(6-11)10(12)14-9/h7H,2-5H2,1H3,(H2,12,13,14). The lowest BCUT2D eigenvalue weighted by Gasteiger charge is -2.03. The molecule has 0 aromatic carbocycles. The highest BCUT2D eigenvalue weighted by Gasteiger charge is 2.03. The Hall–Kier alpha value is -1.71. The maximum Gasteiger partial charge on any atom is 0.145 e. The van der Waals surface area contributed by atoms with Crippen LogP contribution in [0.4, 0.5) is 5.82 Å². The zero-order valence-corrected chi connectivity index (χ0v) is 9.14. The molecule has 1 rings (SSSR count). The van der Waals surface area contributed by atoms with E-state index in [1.54, 1.807) is 7.11 Å². The summed E-state index contributed by atoms with van der Waals surface area (Å²) in [6.45, 7) is 1.62. The summed E-state index contributed by atoms with van der Waals surface area (Å²) in [4.78, 5) is 8.00. The number of nitrogens with zero attached hydrogens (tertiary/aromatic N) is 3. The van der Waals surface area contributed by atoms with Gasteiger partial charge in [0.2, 0.25) is 0 Å². The summed E-state index contributed by atoms with van der Waals surface area (Å²) in [5, 5.41) is 8.63. The van der Waals surface area contributed by atoms with Crippen LogP contribution in [0.25, 0.3) is 0 Å². The van der Waals surface area contributed by atoms with Crippen LogP contribution in [0.1, 0.15) is 11.4 Å². The molecular formula is C10H14N4O2. The Morgan fingerprint density at radius 3 is 2.88 bits per heavy atom. The van der Waals surface area contributed by atoms with Crippen LogP contribution >= 0.6 is 0 Å². The van der Waals surface area contributed by atoms with Crippen molar-refractivity contribution < 1.29 is 9.47 Å². The van der Waals surface area contributed by atoms with Gasteiger partial charge in [0.1, 0.15) is 23.3 Å². The van der Waals surface area contributed by atoms with Crippen molar-refractivity contribution in [3.8, 4) is 6.07 Å². The van der Waals surface area contributed by atoms with Crippen molar-refractivity contribution in [2.45, 2.75) is 6.42 Å². The molecule has 1 aromatic rings. The van der Waals surface area contributed by atoms with Crippen LogP contribution in [-0.4, -0.2) is 36.9 Å². The molecule has 16 heavy (non-hydrogen) atoms.